The van der Waals surface area contributed by atoms with E-state index in [4.69, 9.17) is 0 Å². The fourth-order valence-electron chi connectivity index (χ4n) is 1.96. The predicted octanol–water partition coefficient (Wildman–Crippen LogP) is 2.43. The SMILES string of the molecule is CCC1CCCN1C(=O)C(C)(C)C. The Hall–Kier alpha value is -0.530. The third-order valence-corrected chi connectivity index (χ3v) is 2.75. The van der Waals surface area contributed by atoms with E-state index in [1.807, 2.05) is 20.8 Å². The van der Waals surface area contributed by atoms with Crippen LogP contribution in [0.25, 0.3) is 0 Å². The summed E-state index contributed by atoms with van der Waals surface area (Å²) in [5.74, 6) is 0.317. The minimum absolute atomic E-state index is 0.211. The normalized spacial score (nSPS) is 23.7. The zero-order valence-corrected chi connectivity index (χ0v) is 9.26. The van der Waals surface area contributed by atoms with Crippen molar-refractivity contribution >= 4 is 5.91 Å². The van der Waals surface area contributed by atoms with Crippen molar-refractivity contribution in [3.63, 3.8) is 0 Å². The number of rotatable bonds is 1. The maximum absolute atomic E-state index is 12.0. The quantitative estimate of drug-likeness (QED) is 0.611. The number of nitrogens with zero attached hydrogens (tertiary/aromatic N) is 1. The molecule has 13 heavy (non-hydrogen) atoms. The van der Waals surface area contributed by atoms with Gasteiger partial charge in [-0.1, -0.05) is 27.7 Å². The summed E-state index contributed by atoms with van der Waals surface area (Å²) in [6, 6.07) is 0.506. The standard InChI is InChI=1S/C11H21NO/c1-5-9-7-6-8-12(9)10(13)11(2,3)4/h9H,5-8H2,1-4H3. The van der Waals surface area contributed by atoms with Crippen LogP contribution in [0.4, 0.5) is 0 Å². The summed E-state index contributed by atoms with van der Waals surface area (Å²) in [4.78, 5) is 14.0. The van der Waals surface area contributed by atoms with Gasteiger partial charge in [-0.15, -0.1) is 0 Å². The second-order valence-corrected chi connectivity index (χ2v) is 4.95. The Morgan fingerprint density at radius 3 is 2.54 bits per heavy atom. The van der Waals surface area contributed by atoms with Gasteiger partial charge in [0, 0.05) is 18.0 Å². The largest absolute Gasteiger partial charge is 0.339 e. The van der Waals surface area contributed by atoms with E-state index in [0.29, 0.717) is 11.9 Å². The van der Waals surface area contributed by atoms with Crippen LogP contribution in [-0.4, -0.2) is 23.4 Å². The first-order chi connectivity index (χ1) is 5.96. The highest BCUT2D eigenvalue weighted by Gasteiger charge is 2.33. The monoisotopic (exact) mass is 183 g/mol. The average molecular weight is 183 g/mol. The van der Waals surface area contributed by atoms with Gasteiger partial charge in [0.25, 0.3) is 0 Å². The lowest BCUT2D eigenvalue weighted by atomic mass is 9.94. The Bertz CT molecular complexity index is 193. The number of hydrogen-bond donors (Lipinski definition) is 0. The molecule has 2 heteroatoms. The van der Waals surface area contributed by atoms with Crippen molar-refractivity contribution in [3.8, 4) is 0 Å². The summed E-state index contributed by atoms with van der Waals surface area (Å²) in [7, 11) is 0. The molecule has 76 valence electrons. The molecule has 1 saturated heterocycles. The minimum Gasteiger partial charge on any atom is -0.339 e. The van der Waals surface area contributed by atoms with E-state index in [0.717, 1.165) is 13.0 Å². The van der Waals surface area contributed by atoms with Crippen LogP contribution < -0.4 is 0 Å². The van der Waals surface area contributed by atoms with E-state index in [9.17, 15) is 4.79 Å². The second-order valence-electron chi connectivity index (χ2n) is 4.95. The Morgan fingerprint density at radius 2 is 2.08 bits per heavy atom. The van der Waals surface area contributed by atoms with E-state index in [1.54, 1.807) is 0 Å². The molecule has 0 N–H and O–H groups in total. The first kappa shape index (κ1) is 10.6. The molecule has 0 aromatic carbocycles. The molecule has 0 saturated carbocycles. The van der Waals surface area contributed by atoms with Crippen molar-refractivity contribution in [2.75, 3.05) is 6.54 Å². The van der Waals surface area contributed by atoms with Gasteiger partial charge in [0.15, 0.2) is 0 Å². The summed E-state index contributed by atoms with van der Waals surface area (Å²) < 4.78 is 0. The van der Waals surface area contributed by atoms with Gasteiger partial charge >= 0.3 is 0 Å². The van der Waals surface area contributed by atoms with Crippen molar-refractivity contribution < 1.29 is 4.79 Å². The maximum atomic E-state index is 12.0. The molecule has 0 bridgehead atoms. The Morgan fingerprint density at radius 1 is 1.46 bits per heavy atom. The molecule has 1 unspecified atom stereocenters. The molecule has 1 aliphatic rings. The van der Waals surface area contributed by atoms with Crippen LogP contribution >= 0.6 is 0 Å². The van der Waals surface area contributed by atoms with E-state index >= 15 is 0 Å². The lowest BCUT2D eigenvalue weighted by Crippen LogP contribution is -2.42. The number of amides is 1. The van der Waals surface area contributed by atoms with Crippen LogP contribution in [0.3, 0.4) is 0 Å². The van der Waals surface area contributed by atoms with Gasteiger partial charge in [-0.3, -0.25) is 4.79 Å². The zero-order valence-electron chi connectivity index (χ0n) is 9.26. The first-order valence-corrected chi connectivity index (χ1v) is 5.28. The Balaban J connectivity index is 2.66. The number of carbonyl (C=O) groups is 1. The number of likely N-dealkylation sites (tertiary alicyclic amines) is 1. The van der Waals surface area contributed by atoms with Crippen molar-refractivity contribution in [2.45, 2.75) is 53.0 Å². The summed E-state index contributed by atoms with van der Waals surface area (Å²) in [6.07, 6.45) is 3.47. The molecule has 1 atom stereocenters. The van der Waals surface area contributed by atoms with E-state index in [-0.39, 0.29) is 5.41 Å². The van der Waals surface area contributed by atoms with Gasteiger partial charge in [0.1, 0.15) is 0 Å². The molecule has 0 aromatic rings. The van der Waals surface area contributed by atoms with Crippen LogP contribution in [0, 0.1) is 5.41 Å². The molecule has 0 aliphatic carbocycles. The van der Waals surface area contributed by atoms with Crippen molar-refractivity contribution in [1.82, 2.24) is 4.90 Å². The Labute approximate surface area is 81.3 Å². The summed E-state index contributed by atoms with van der Waals surface area (Å²) in [6.45, 7) is 9.13. The summed E-state index contributed by atoms with van der Waals surface area (Å²) in [5, 5.41) is 0. The molecular formula is C11H21NO. The van der Waals surface area contributed by atoms with Gasteiger partial charge in [0.2, 0.25) is 5.91 Å². The molecule has 1 heterocycles. The van der Waals surface area contributed by atoms with Crippen LogP contribution in [0.5, 0.6) is 0 Å². The average Bonchev–Trinajstić information content (AvgIpc) is 2.48. The lowest BCUT2D eigenvalue weighted by molar-refractivity contribution is -0.140. The third kappa shape index (κ3) is 2.23. The van der Waals surface area contributed by atoms with E-state index in [2.05, 4.69) is 11.8 Å². The molecule has 1 amide bonds. The molecule has 0 spiro atoms. The Kier molecular flexibility index (Phi) is 2.99. The van der Waals surface area contributed by atoms with Crippen molar-refractivity contribution in [3.05, 3.63) is 0 Å². The first-order valence-electron chi connectivity index (χ1n) is 5.28. The van der Waals surface area contributed by atoms with Crippen LogP contribution in [-0.2, 0) is 4.79 Å². The van der Waals surface area contributed by atoms with Crippen LogP contribution in [0.2, 0.25) is 0 Å². The van der Waals surface area contributed by atoms with E-state index < -0.39 is 0 Å². The van der Waals surface area contributed by atoms with Crippen molar-refractivity contribution in [1.29, 1.82) is 0 Å². The number of carbonyl (C=O) groups excluding carboxylic acids is 1. The molecule has 0 radical (unpaired) electrons. The molecule has 1 fully saturated rings. The highest BCUT2D eigenvalue weighted by atomic mass is 16.2. The van der Waals surface area contributed by atoms with Gasteiger partial charge in [0.05, 0.1) is 0 Å². The molecular weight excluding hydrogens is 162 g/mol. The summed E-state index contributed by atoms with van der Waals surface area (Å²) in [5.41, 5.74) is -0.211. The van der Waals surface area contributed by atoms with Gasteiger partial charge in [-0.05, 0) is 19.3 Å². The number of hydrogen-bond acceptors (Lipinski definition) is 1. The van der Waals surface area contributed by atoms with Gasteiger partial charge in [-0.25, -0.2) is 0 Å². The van der Waals surface area contributed by atoms with Gasteiger partial charge < -0.3 is 4.90 Å². The second kappa shape index (κ2) is 3.69. The highest BCUT2D eigenvalue weighted by molar-refractivity contribution is 5.82. The topological polar surface area (TPSA) is 20.3 Å². The van der Waals surface area contributed by atoms with Gasteiger partial charge in [-0.2, -0.15) is 0 Å². The minimum atomic E-state index is -0.211. The highest BCUT2D eigenvalue weighted by Crippen LogP contribution is 2.26. The molecule has 1 rings (SSSR count). The van der Waals surface area contributed by atoms with E-state index in [1.165, 1.54) is 12.8 Å². The summed E-state index contributed by atoms with van der Waals surface area (Å²) >= 11 is 0. The maximum Gasteiger partial charge on any atom is 0.228 e. The predicted molar refractivity (Wildman–Crippen MR) is 54.5 cm³/mol. The lowest BCUT2D eigenvalue weighted by Gasteiger charge is -2.30. The molecule has 2 nitrogen and oxygen atoms in total. The van der Waals surface area contributed by atoms with Crippen LogP contribution in [0.15, 0.2) is 0 Å². The van der Waals surface area contributed by atoms with Crippen LogP contribution in [0.1, 0.15) is 47.0 Å². The smallest absolute Gasteiger partial charge is 0.228 e. The zero-order chi connectivity index (χ0) is 10.1. The fraction of sp³-hybridized carbons (Fsp3) is 0.909. The third-order valence-electron chi connectivity index (χ3n) is 2.75. The fourth-order valence-corrected chi connectivity index (χ4v) is 1.96. The molecule has 1 aliphatic heterocycles. The van der Waals surface area contributed by atoms with Crippen molar-refractivity contribution in [2.24, 2.45) is 5.41 Å². The molecule has 0 aromatic heterocycles.